The van der Waals surface area contributed by atoms with E-state index in [0.717, 1.165) is 17.9 Å². The molecule has 2 N–H and O–H groups in total. The Morgan fingerprint density at radius 1 is 1.11 bits per heavy atom. The Morgan fingerprint density at radius 3 is 2.21 bits per heavy atom. The predicted molar refractivity (Wildman–Crippen MR) is 80.7 cm³/mol. The molecule has 1 aromatic heterocycles. The molecule has 1 heterocycles. The van der Waals surface area contributed by atoms with Crippen LogP contribution in [-0.2, 0) is 0 Å². The van der Waals surface area contributed by atoms with Crippen molar-refractivity contribution in [2.75, 3.05) is 11.4 Å². The molecular formula is C16H21N3. The number of hydrogen-bond acceptors (Lipinski definition) is 3. The van der Waals surface area contributed by atoms with Crippen LogP contribution in [-0.4, -0.2) is 11.5 Å². The van der Waals surface area contributed by atoms with Crippen LogP contribution in [0.1, 0.15) is 31.1 Å². The average molecular weight is 255 g/mol. The number of aromatic nitrogens is 1. The van der Waals surface area contributed by atoms with E-state index in [2.05, 4.69) is 54.1 Å². The maximum atomic E-state index is 5.82. The molecule has 3 heteroatoms. The van der Waals surface area contributed by atoms with Gasteiger partial charge in [-0.2, -0.15) is 0 Å². The minimum absolute atomic E-state index is 0.0245. The number of anilines is 2. The van der Waals surface area contributed by atoms with Crippen molar-refractivity contribution >= 4 is 11.4 Å². The van der Waals surface area contributed by atoms with Crippen LogP contribution < -0.4 is 10.6 Å². The molecule has 3 nitrogen and oxygen atoms in total. The second-order valence-corrected chi connectivity index (χ2v) is 4.81. The second-order valence-electron chi connectivity index (χ2n) is 4.81. The minimum Gasteiger partial charge on any atom is -0.341 e. The van der Waals surface area contributed by atoms with Gasteiger partial charge in [-0.15, -0.1) is 0 Å². The number of aryl methyl sites for hydroxylation is 1. The Hall–Kier alpha value is -1.87. The van der Waals surface area contributed by atoms with E-state index in [0.29, 0.717) is 0 Å². The van der Waals surface area contributed by atoms with Crippen LogP contribution >= 0.6 is 0 Å². The fraction of sp³-hybridized carbons (Fsp3) is 0.312. The van der Waals surface area contributed by atoms with Gasteiger partial charge in [0.05, 0.1) is 17.6 Å². The SMILES string of the molecule is CCN(c1ccc(C)cc1)c1ccc(C(C)N)nc1. The zero-order valence-electron chi connectivity index (χ0n) is 11.8. The van der Waals surface area contributed by atoms with Crippen molar-refractivity contribution in [3.63, 3.8) is 0 Å². The Balaban J connectivity index is 2.28. The Labute approximate surface area is 115 Å². The number of pyridine rings is 1. The summed E-state index contributed by atoms with van der Waals surface area (Å²) in [4.78, 5) is 6.66. The van der Waals surface area contributed by atoms with E-state index in [1.807, 2.05) is 19.2 Å². The van der Waals surface area contributed by atoms with Crippen molar-refractivity contribution in [1.29, 1.82) is 0 Å². The van der Waals surface area contributed by atoms with Crippen molar-refractivity contribution < 1.29 is 0 Å². The molecule has 100 valence electrons. The summed E-state index contributed by atoms with van der Waals surface area (Å²) in [6.07, 6.45) is 1.89. The van der Waals surface area contributed by atoms with Crippen LogP contribution in [0.4, 0.5) is 11.4 Å². The molecule has 0 aliphatic carbocycles. The molecule has 0 saturated heterocycles. The fourth-order valence-electron chi connectivity index (χ4n) is 2.07. The molecule has 2 aromatic rings. The number of nitrogens with two attached hydrogens (primary N) is 1. The van der Waals surface area contributed by atoms with Gasteiger partial charge in [0, 0.05) is 18.3 Å². The van der Waals surface area contributed by atoms with Gasteiger partial charge in [-0.3, -0.25) is 4.98 Å². The normalized spacial score (nSPS) is 12.2. The van der Waals surface area contributed by atoms with Crippen LogP contribution in [0.3, 0.4) is 0 Å². The smallest absolute Gasteiger partial charge is 0.0597 e. The maximum absolute atomic E-state index is 5.82. The maximum Gasteiger partial charge on any atom is 0.0597 e. The highest BCUT2D eigenvalue weighted by molar-refractivity contribution is 5.62. The summed E-state index contributed by atoms with van der Waals surface area (Å²) < 4.78 is 0. The first-order valence-electron chi connectivity index (χ1n) is 6.67. The standard InChI is InChI=1S/C16H21N3/c1-4-19(14-7-5-12(2)6-8-14)15-9-10-16(13(3)17)18-11-15/h5-11,13H,4,17H2,1-3H3. The van der Waals surface area contributed by atoms with Crippen LogP contribution in [0, 0.1) is 6.92 Å². The summed E-state index contributed by atoms with van der Waals surface area (Å²) in [6, 6.07) is 12.6. The molecule has 0 aliphatic rings. The number of benzene rings is 1. The molecule has 19 heavy (non-hydrogen) atoms. The molecule has 0 amide bonds. The lowest BCUT2D eigenvalue weighted by atomic mass is 10.2. The first-order valence-corrected chi connectivity index (χ1v) is 6.67. The zero-order chi connectivity index (χ0) is 13.8. The van der Waals surface area contributed by atoms with Gasteiger partial charge in [0.1, 0.15) is 0 Å². The molecule has 0 radical (unpaired) electrons. The highest BCUT2D eigenvalue weighted by Gasteiger charge is 2.08. The van der Waals surface area contributed by atoms with Gasteiger partial charge in [0.2, 0.25) is 0 Å². The Bertz CT molecular complexity index is 515. The van der Waals surface area contributed by atoms with Gasteiger partial charge in [-0.05, 0) is 45.0 Å². The molecule has 1 aromatic carbocycles. The van der Waals surface area contributed by atoms with Crippen molar-refractivity contribution in [2.24, 2.45) is 5.73 Å². The molecule has 1 unspecified atom stereocenters. The minimum atomic E-state index is -0.0245. The summed E-state index contributed by atoms with van der Waals surface area (Å²) in [5, 5.41) is 0. The van der Waals surface area contributed by atoms with Crippen molar-refractivity contribution in [1.82, 2.24) is 4.98 Å². The third-order valence-electron chi connectivity index (χ3n) is 3.21. The van der Waals surface area contributed by atoms with Crippen molar-refractivity contribution in [2.45, 2.75) is 26.8 Å². The third-order valence-corrected chi connectivity index (χ3v) is 3.21. The van der Waals surface area contributed by atoms with Crippen molar-refractivity contribution in [3.8, 4) is 0 Å². The average Bonchev–Trinajstić information content (AvgIpc) is 2.42. The third kappa shape index (κ3) is 3.12. The van der Waals surface area contributed by atoms with E-state index in [1.165, 1.54) is 11.3 Å². The molecule has 0 spiro atoms. The number of rotatable bonds is 4. The lowest BCUT2D eigenvalue weighted by Crippen LogP contribution is -2.16. The summed E-state index contributed by atoms with van der Waals surface area (Å²) >= 11 is 0. The topological polar surface area (TPSA) is 42.1 Å². The summed E-state index contributed by atoms with van der Waals surface area (Å²) in [5.74, 6) is 0. The molecular weight excluding hydrogens is 234 g/mol. The molecule has 2 rings (SSSR count). The lowest BCUT2D eigenvalue weighted by molar-refractivity contribution is 0.780. The Morgan fingerprint density at radius 2 is 1.74 bits per heavy atom. The van der Waals surface area contributed by atoms with Crippen LogP contribution in [0.2, 0.25) is 0 Å². The van der Waals surface area contributed by atoms with Gasteiger partial charge in [-0.1, -0.05) is 17.7 Å². The number of hydrogen-bond donors (Lipinski definition) is 1. The Kier molecular flexibility index (Phi) is 4.17. The van der Waals surface area contributed by atoms with Crippen LogP contribution in [0.15, 0.2) is 42.6 Å². The zero-order valence-corrected chi connectivity index (χ0v) is 11.8. The molecule has 1 atom stereocenters. The van der Waals surface area contributed by atoms with Crippen LogP contribution in [0.5, 0.6) is 0 Å². The lowest BCUT2D eigenvalue weighted by Gasteiger charge is -2.23. The van der Waals surface area contributed by atoms with E-state index in [9.17, 15) is 0 Å². The van der Waals surface area contributed by atoms with Gasteiger partial charge in [-0.25, -0.2) is 0 Å². The quantitative estimate of drug-likeness (QED) is 0.908. The van der Waals surface area contributed by atoms with E-state index in [4.69, 9.17) is 5.73 Å². The summed E-state index contributed by atoms with van der Waals surface area (Å²) in [7, 11) is 0. The fourth-order valence-corrected chi connectivity index (χ4v) is 2.07. The van der Waals surface area contributed by atoms with E-state index >= 15 is 0 Å². The summed E-state index contributed by atoms with van der Waals surface area (Å²) in [6.45, 7) is 7.08. The predicted octanol–water partition coefficient (Wildman–Crippen LogP) is 3.57. The molecule has 0 aliphatic heterocycles. The highest BCUT2D eigenvalue weighted by atomic mass is 15.1. The monoisotopic (exact) mass is 255 g/mol. The highest BCUT2D eigenvalue weighted by Crippen LogP contribution is 2.25. The summed E-state index contributed by atoms with van der Waals surface area (Å²) in [5.41, 5.74) is 10.3. The van der Waals surface area contributed by atoms with Crippen LogP contribution in [0.25, 0.3) is 0 Å². The second kappa shape index (κ2) is 5.85. The number of nitrogens with zero attached hydrogens (tertiary/aromatic N) is 2. The molecule has 0 fully saturated rings. The molecule has 0 bridgehead atoms. The van der Waals surface area contributed by atoms with Gasteiger partial charge >= 0.3 is 0 Å². The van der Waals surface area contributed by atoms with E-state index in [-0.39, 0.29) is 6.04 Å². The van der Waals surface area contributed by atoms with E-state index in [1.54, 1.807) is 0 Å². The first-order chi connectivity index (χ1) is 9.11. The van der Waals surface area contributed by atoms with Crippen molar-refractivity contribution in [3.05, 3.63) is 53.9 Å². The van der Waals surface area contributed by atoms with Gasteiger partial charge in [0.15, 0.2) is 0 Å². The van der Waals surface area contributed by atoms with Gasteiger partial charge < -0.3 is 10.6 Å². The first kappa shape index (κ1) is 13.6. The van der Waals surface area contributed by atoms with E-state index < -0.39 is 0 Å². The largest absolute Gasteiger partial charge is 0.341 e. The van der Waals surface area contributed by atoms with Gasteiger partial charge in [0.25, 0.3) is 0 Å². The molecule has 0 saturated carbocycles.